The van der Waals surface area contributed by atoms with Crippen LogP contribution in [-0.4, -0.2) is 22.6 Å². The zero-order valence-electron chi connectivity index (χ0n) is 34.6. The molecule has 6 heteroatoms. The maximum absolute atomic E-state index is 8.79. The number of imidazole rings is 1. The van der Waals surface area contributed by atoms with Gasteiger partial charge in [-0.3, -0.25) is 4.98 Å². The Morgan fingerprint density at radius 2 is 1.53 bits per heavy atom. The van der Waals surface area contributed by atoms with E-state index in [2.05, 4.69) is 65.6 Å². The smallest absolute Gasteiger partial charge is 0.123 e. The fourth-order valence-electron chi connectivity index (χ4n) is 6.13. The monoisotopic (exact) mass is 867 g/mol. The first-order valence-electron chi connectivity index (χ1n) is 19.3. The van der Waals surface area contributed by atoms with Crippen LogP contribution < -0.4 is 5.19 Å². The molecule has 51 heavy (non-hydrogen) atoms. The van der Waals surface area contributed by atoms with Gasteiger partial charge in [0.2, 0.25) is 0 Å². The molecule has 0 amide bonds. The van der Waals surface area contributed by atoms with Crippen LogP contribution >= 0.6 is 0 Å². The first-order chi connectivity index (χ1) is 25.9. The van der Waals surface area contributed by atoms with Crippen LogP contribution in [0.3, 0.4) is 0 Å². The van der Waals surface area contributed by atoms with Gasteiger partial charge in [0.1, 0.15) is 5.58 Å². The third-order valence-corrected chi connectivity index (χ3v) is 10.5. The maximum Gasteiger partial charge on any atom is 0.123 e. The molecule has 0 aliphatic rings. The fourth-order valence-corrected chi connectivity index (χ4v) is 7.52. The van der Waals surface area contributed by atoms with Gasteiger partial charge in [-0.05, 0) is 58.4 Å². The summed E-state index contributed by atoms with van der Waals surface area (Å²) in [4.78, 5) is 9.47. The molecule has 4 nitrogen and oxygen atoms in total. The van der Waals surface area contributed by atoms with E-state index in [0.717, 1.165) is 55.2 Å². The Bertz CT molecular complexity index is 2640. The van der Waals surface area contributed by atoms with Gasteiger partial charge in [0.05, 0.1) is 30.5 Å². The fraction of sp³-hybridized carbons (Fsp3) is 0.200. The molecule has 3 heterocycles. The van der Waals surface area contributed by atoms with Gasteiger partial charge >= 0.3 is 0 Å². The predicted molar refractivity (Wildman–Crippen MR) is 212 cm³/mol. The van der Waals surface area contributed by atoms with Gasteiger partial charge < -0.3 is 14.0 Å². The number of aromatic nitrogens is 3. The molecule has 0 spiro atoms. The van der Waals surface area contributed by atoms with Crippen molar-refractivity contribution in [2.75, 3.05) is 0 Å². The third-order valence-electron chi connectivity index (χ3n) is 8.44. The quantitative estimate of drug-likeness (QED) is 0.128. The second-order valence-electron chi connectivity index (χ2n) is 14.5. The number of hydrogen-bond acceptors (Lipinski definition) is 3. The van der Waals surface area contributed by atoms with Crippen LogP contribution in [0.4, 0.5) is 0 Å². The SMILES string of the molecule is [2H]C([2H])([2H])c1c[c-]c(-c2cc(C([2H])([2H])C(C)(C)C)c([Si](C)(C)C)cn2)cc1.[Ir].[c-]1cc2c(cc1-c1nc3ccccc3n1-c1ccccc1)oc1ccccc12. The van der Waals surface area contributed by atoms with Gasteiger partial charge in [-0.2, -0.15) is 0 Å². The van der Waals surface area contributed by atoms with Crippen LogP contribution in [0.1, 0.15) is 38.8 Å². The molecule has 5 aromatic carbocycles. The molecule has 0 saturated carbocycles. The normalized spacial score (nSPS) is 13.7. The second kappa shape index (κ2) is 14.6. The zero-order chi connectivity index (χ0) is 39.3. The van der Waals surface area contributed by atoms with E-state index < -0.39 is 26.7 Å². The molecule has 0 saturated heterocycles. The van der Waals surface area contributed by atoms with E-state index in [1.165, 1.54) is 6.07 Å². The number of furan rings is 1. The minimum atomic E-state index is -2.17. The molecule has 8 rings (SSSR count). The van der Waals surface area contributed by atoms with E-state index in [1.807, 2.05) is 93.6 Å². The van der Waals surface area contributed by atoms with Crippen LogP contribution in [0.5, 0.6) is 0 Å². The van der Waals surface area contributed by atoms with Crippen LogP contribution in [0, 0.1) is 24.4 Å². The van der Waals surface area contributed by atoms with E-state index in [-0.39, 0.29) is 25.7 Å². The Kier molecular flexibility index (Phi) is 8.58. The van der Waals surface area contributed by atoms with E-state index in [0.29, 0.717) is 16.8 Å². The van der Waals surface area contributed by atoms with Crippen molar-refractivity contribution in [1.82, 2.24) is 14.5 Å². The van der Waals surface area contributed by atoms with Gasteiger partial charge in [-0.15, -0.1) is 53.1 Å². The summed E-state index contributed by atoms with van der Waals surface area (Å²) < 4.78 is 48.3. The van der Waals surface area contributed by atoms with E-state index >= 15 is 0 Å². The number of nitrogens with zero attached hydrogens (tertiary/aromatic N) is 3. The first kappa shape index (κ1) is 30.1. The molecule has 0 fully saturated rings. The van der Waals surface area contributed by atoms with E-state index in [1.54, 1.807) is 18.3 Å². The molecule has 0 aliphatic carbocycles. The standard InChI is InChI=1S/C25H15N2O.C20H28NSi.Ir/c1-2-8-18(9-3-1)27-22-12-6-5-11-21(22)26-25(27)17-14-15-20-19-10-4-7-13-23(19)28-24(20)16-17;1-15-8-10-16(11-9-15)18-12-17(13-20(2,3)4)19(14-21-18)22(5,6)7;/h1-13,15-16H;8-10,12,14H,13H2,1-7H3;/q2*-1;/i;1D3,13D2;. The molecule has 1 radical (unpaired) electrons. The van der Waals surface area contributed by atoms with Gasteiger partial charge in [0.25, 0.3) is 0 Å². The van der Waals surface area contributed by atoms with Crippen molar-refractivity contribution >= 4 is 46.2 Å². The molecule has 0 bridgehead atoms. The number of fused-ring (bicyclic) bond motifs is 4. The van der Waals surface area contributed by atoms with Crippen molar-refractivity contribution in [1.29, 1.82) is 0 Å². The number of benzene rings is 5. The van der Waals surface area contributed by atoms with Crippen LogP contribution in [0.2, 0.25) is 19.6 Å². The largest absolute Gasteiger partial charge is 0.476 e. The summed E-state index contributed by atoms with van der Waals surface area (Å²) >= 11 is 0. The van der Waals surface area contributed by atoms with Crippen molar-refractivity contribution in [3.05, 3.63) is 145 Å². The molecule has 3 aromatic heterocycles. The number of pyridine rings is 1. The average Bonchev–Trinajstić information content (AvgIpc) is 3.73. The minimum Gasteiger partial charge on any atom is -0.476 e. The topological polar surface area (TPSA) is 43.9 Å². The molecule has 0 N–H and O–H groups in total. The number of para-hydroxylation sites is 4. The van der Waals surface area contributed by atoms with Gasteiger partial charge in [-0.25, -0.2) is 0 Å². The summed E-state index contributed by atoms with van der Waals surface area (Å²) in [5.74, 6) is 0.856. The summed E-state index contributed by atoms with van der Waals surface area (Å²) in [5, 5.41) is 3.18. The summed E-state index contributed by atoms with van der Waals surface area (Å²) in [7, 11) is -1.81. The van der Waals surface area contributed by atoms with Crippen molar-refractivity contribution in [3.8, 4) is 28.3 Å². The van der Waals surface area contributed by atoms with Crippen LogP contribution in [-0.2, 0) is 26.5 Å². The van der Waals surface area contributed by atoms with E-state index in [9.17, 15) is 0 Å². The van der Waals surface area contributed by atoms with Crippen molar-refractivity contribution in [2.24, 2.45) is 5.41 Å². The molecule has 0 unspecified atom stereocenters. The molecular formula is C45H43IrN3OSi-2. The Morgan fingerprint density at radius 3 is 2.25 bits per heavy atom. The minimum absolute atomic E-state index is 0. The molecule has 0 aliphatic heterocycles. The molecule has 259 valence electrons. The van der Waals surface area contributed by atoms with Gasteiger partial charge in [0, 0.05) is 38.8 Å². The summed E-state index contributed by atoms with van der Waals surface area (Å²) in [5.41, 5.74) is 7.35. The molecular weight excluding hydrogens is 819 g/mol. The maximum atomic E-state index is 8.79. The Morgan fingerprint density at radius 1 is 0.804 bits per heavy atom. The number of hydrogen-bond donors (Lipinski definition) is 0. The Labute approximate surface area is 323 Å². The molecule has 8 aromatic rings. The van der Waals surface area contributed by atoms with E-state index in [4.69, 9.17) is 16.3 Å². The average molecular weight is 867 g/mol. The Hall–Kier alpha value is -4.61. The summed E-state index contributed by atoms with van der Waals surface area (Å²) in [6, 6.07) is 43.6. The number of aryl methyl sites for hydroxylation is 1. The first-order valence-corrected chi connectivity index (χ1v) is 20.3. The van der Waals surface area contributed by atoms with Gasteiger partial charge in [0.15, 0.2) is 0 Å². The summed E-state index contributed by atoms with van der Waals surface area (Å²) in [6.07, 6.45) is 0.269. The van der Waals surface area contributed by atoms with Crippen molar-refractivity contribution in [2.45, 2.75) is 53.6 Å². The Balaban J connectivity index is 0.000000187. The van der Waals surface area contributed by atoms with Crippen molar-refractivity contribution < 1.29 is 31.4 Å². The summed E-state index contributed by atoms with van der Waals surface area (Å²) in [6.45, 7) is 10.1. The van der Waals surface area contributed by atoms with Crippen molar-refractivity contribution in [3.63, 3.8) is 0 Å². The number of rotatable bonds is 5. The van der Waals surface area contributed by atoms with Crippen LogP contribution in [0.25, 0.3) is 61.3 Å². The predicted octanol–water partition coefficient (Wildman–Crippen LogP) is 11.4. The second-order valence-corrected chi connectivity index (χ2v) is 19.6. The van der Waals surface area contributed by atoms with Gasteiger partial charge in [-0.1, -0.05) is 119 Å². The van der Waals surface area contributed by atoms with Crippen LogP contribution in [0.15, 0.2) is 126 Å². The zero-order valence-corrected chi connectivity index (χ0v) is 33.0. The third kappa shape index (κ3) is 7.84. The molecule has 0 atom stereocenters.